The topological polar surface area (TPSA) is 68.4 Å². The van der Waals surface area contributed by atoms with Gasteiger partial charge in [0.25, 0.3) is 0 Å². The minimum absolute atomic E-state index is 0.0349. The average molecular weight is 405 g/mol. The Morgan fingerprint density at radius 1 is 1.17 bits per heavy atom. The molecular weight excluding hydrogens is 376 g/mol. The second kappa shape index (κ2) is 8.71. The highest BCUT2D eigenvalue weighted by atomic mass is 16.2. The van der Waals surface area contributed by atoms with Crippen LogP contribution in [0.3, 0.4) is 0 Å². The van der Waals surface area contributed by atoms with E-state index in [1.54, 1.807) is 4.90 Å². The average Bonchev–Trinajstić information content (AvgIpc) is 3.33. The van der Waals surface area contributed by atoms with Crippen LogP contribution in [0.1, 0.15) is 30.0 Å². The Morgan fingerprint density at radius 2 is 1.90 bits per heavy atom. The van der Waals surface area contributed by atoms with E-state index >= 15 is 0 Å². The van der Waals surface area contributed by atoms with Gasteiger partial charge in [-0.1, -0.05) is 48.5 Å². The lowest BCUT2D eigenvalue weighted by Gasteiger charge is -2.28. The zero-order valence-electron chi connectivity index (χ0n) is 17.5. The first-order chi connectivity index (χ1) is 14.5. The van der Waals surface area contributed by atoms with Crippen LogP contribution >= 0.6 is 0 Å². The standard InChI is InChI=1S/C24H28N4O2/c1-27(2)22(17-8-4-3-5-9-17)15-26-24(30)21-12-13-23(29)28(21)16-18-14-25-20-11-7-6-10-19(18)20/h3-11,14,21-22,25H,12-13,15-16H2,1-2H3,(H,26,30). The van der Waals surface area contributed by atoms with Crippen molar-refractivity contribution in [3.8, 4) is 0 Å². The molecule has 156 valence electrons. The first kappa shape index (κ1) is 20.2. The number of para-hydroxylation sites is 1. The van der Waals surface area contributed by atoms with Gasteiger partial charge < -0.3 is 20.1 Å². The molecule has 0 bridgehead atoms. The number of hydrogen-bond donors (Lipinski definition) is 2. The summed E-state index contributed by atoms with van der Waals surface area (Å²) in [4.78, 5) is 32.6. The fraction of sp³-hybridized carbons (Fsp3) is 0.333. The molecule has 2 amide bonds. The Labute approximate surface area is 176 Å². The number of aromatic amines is 1. The number of H-pyrrole nitrogens is 1. The SMILES string of the molecule is CN(C)C(CNC(=O)C1CCC(=O)N1Cc1c[nH]c2ccccc12)c1ccccc1. The van der Waals surface area contributed by atoms with E-state index in [1.807, 2.05) is 62.8 Å². The second-order valence-electron chi connectivity index (χ2n) is 8.07. The molecule has 1 aliphatic rings. The van der Waals surface area contributed by atoms with Gasteiger partial charge in [-0.05, 0) is 37.7 Å². The third kappa shape index (κ3) is 4.09. The summed E-state index contributed by atoms with van der Waals surface area (Å²) in [5.74, 6) is -0.0453. The zero-order chi connectivity index (χ0) is 21.1. The maximum atomic E-state index is 13.0. The quantitative estimate of drug-likeness (QED) is 0.636. The summed E-state index contributed by atoms with van der Waals surface area (Å²) in [5.41, 5.74) is 3.23. The number of nitrogens with one attached hydrogen (secondary N) is 2. The van der Waals surface area contributed by atoms with Crippen LogP contribution in [-0.4, -0.2) is 53.3 Å². The van der Waals surface area contributed by atoms with Crippen molar-refractivity contribution in [2.75, 3.05) is 20.6 Å². The lowest BCUT2D eigenvalue weighted by Crippen LogP contribution is -2.46. The molecule has 30 heavy (non-hydrogen) atoms. The number of nitrogens with zero attached hydrogens (tertiary/aromatic N) is 2. The van der Waals surface area contributed by atoms with Gasteiger partial charge in [0, 0.05) is 36.6 Å². The molecule has 6 nitrogen and oxygen atoms in total. The maximum Gasteiger partial charge on any atom is 0.242 e. The van der Waals surface area contributed by atoms with E-state index in [0.29, 0.717) is 25.9 Å². The van der Waals surface area contributed by atoms with Crippen molar-refractivity contribution in [3.63, 3.8) is 0 Å². The summed E-state index contributed by atoms with van der Waals surface area (Å²) in [5, 5.41) is 4.18. The van der Waals surface area contributed by atoms with Gasteiger partial charge in [0.2, 0.25) is 11.8 Å². The van der Waals surface area contributed by atoms with E-state index in [4.69, 9.17) is 0 Å². The second-order valence-corrected chi connectivity index (χ2v) is 8.07. The minimum Gasteiger partial charge on any atom is -0.361 e. The lowest BCUT2D eigenvalue weighted by atomic mass is 10.1. The van der Waals surface area contributed by atoms with Crippen molar-refractivity contribution < 1.29 is 9.59 Å². The van der Waals surface area contributed by atoms with E-state index in [2.05, 4.69) is 27.3 Å². The Balaban J connectivity index is 1.45. The first-order valence-corrected chi connectivity index (χ1v) is 10.4. The minimum atomic E-state index is -0.426. The largest absolute Gasteiger partial charge is 0.361 e. The number of rotatable bonds is 7. The molecule has 1 fully saturated rings. The summed E-state index contributed by atoms with van der Waals surface area (Å²) in [7, 11) is 4.01. The van der Waals surface area contributed by atoms with E-state index in [9.17, 15) is 9.59 Å². The molecule has 0 aliphatic carbocycles. The molecular formula is C24H28N4O2. The van der Waals surface area contributed by atoms with Crippen molar-refractivity contribution in [1.82, 2.24) is 20.1 Å². The molecule has 0 spiro atoms. The van der Waals surface area contributed by atoms with E-state index < -0.39 is 6.04 Å². The highest BCUT2D eigenvalue weighted by Gasteiger charge is 2.36. The van der Waals surface area contributed by atoms with Gasteiger partial charge in [0.1, 0.15) is 6.04 Å². The number of hydrogen-bond acceptors (Lipinski definition) is 3. The summed E-state index contributed by atoms with van der Waals surface area (Å²) in [6.45, 7) is 0.943. The fourth-order valence-electron chi connectivity index (χ4n) is 4.24. The number of carbonyl (C=O) groups excluding carboxylic acids is 2. The molecule has 0 radical (unpaired) electrons. The summed E-state index contributed by atoms with van der Waals surface area (Å²) in [6.07, 6.45) is 2.91. The van der Waals surface area contributed by atoms with Crippen LogP contribution < -0.4 is 5.32 Å². The van der Waals surface area contributed by atoms with Crippen LogP contribution in [-0.2, 0) is 16.1 Å². The Bertz CT molecular complexity index is 1030. The highest BCUT2D eigenvalue weighted by Crippen LogP contribution is 2.26. The maximum absolute atomic E-state index is 13.0. The molecule has 2 atom stereocenters. The smallest absolute Gasteiger partial charge is 0.242 e. The number of fused-ring (bicyclic) bond motifs is 1. The van der Waals surface area contributed by atoms with Crippen LogP contribution in [0, 0.1) is 0 Å². The zero-order valence-corrected chi connectivity index (χ0v) is 17.5. The van der Waals surface area contributed by atoms with Gasteiger partial charge in [-0.2, -0.15) is 0 Å². The van der Waals surface area contributed by atoms with Crippen molar-refractivity contribution in [1.29, 1.82) is 0 Å². The van der Waals surface area contributed by atoms with Crippen LogP contribution in [0.4, 0.5) is 0 Å². The van der Waals surface area contributed by atoms with Crippen molar-refractivity contribution in [2.45, 2.75) is 31.5 Å². The summed E-state index contributed by atoms with van der Waals surface area (Å²) < 4.78 is 0. The van der Waals surface area contributed by atoms with E-state index in [1.165, 1.54) is 0 Å². The number of likely N-dealkylation sites (tertiary alicyclic amines) is 1. The molecule has 2 N–H and O–H groups in total. The van der Waals surface area contributed by atoms with Gasteiger partial charge in [-0.25, -0.2) is 0 Å². The van der Waals surface area contributed by atoms with Crippen molar-refractivity contribution in [2.24, 2.45) is 0 Å². The number of likely N-dealkylation sites (N-methyl/N-ethyl adjacent to an activating group) is 1. The Hall–Kier alpha value is -3.12. The molecule has 0 saturated carbocycles. The Kier molecular flexibility index (Phi) is 5.86. The highest BCUT2D eigenvalue weighted by molar-refractivity contribution is 5.91. The number of amides is 2. The molecule has 6 heteroatoms. The fourth-order valence-corrected chi connectivity index (χ4v) is 4.24. The third-order valence-electron chi connectivity index (χ3n) is 5.92. The number of aromatic nitrogens is 1. The predicted octanol–water partition coefficient (Wildman–Crippen LogP) is 3.08. The van der Waals surface area contributed by atoms with Gasteiger partial charge >= 0.3 is 0 Å². The van der Waals surface area contributed by atoms with Gasteiger partial charge in [-0.15, -0.1) is 0 Å². The van der Waals surface area contributed by atoms with Crippen LogP contribution in [0.2, 0.25) is 0 Å². The monoisotopic (exact) mass is 404 g/mol. The Morgan fingerprint density at radius 3 is 2.67 bits per heavy atom. The predicted molar refractivity (Wildman–Crippen MR) is 118 cm³/mol. The van der Waals surface area contributed by atoms with Crippen molar-refractivity contribution in [3.05, 3.63) is 71.9 Å². The summed E-state index contributed by atoms with van der Waals surface area (Å²) in [6, 6.07) is 17.8. The molecule has 2 heterocycles. The molecule has 2 unspecified atom stereocenters. The van der Waals surface area contributed by atoms with E-state index in [0.717, 1.165) is 22.0 Å². The summed E-state index contributed by atoms with van der Waals surface area (Å²) >= 11 is 0. The van der Waals surface area contributed by atoms with Crippen molar-refractivity contribution >= 4 is 22.7 Å². The van der Waals surface area contributed by atoms with Gasteiger partial charge in [0.15, 0.2) is 0 Å². The van der Waals surface area contributed by atoms with Gasteiger partial charge in [-0.3, -0.25) is 9.59 Å². The third-order valence-corrected chi connectivity index (χ3v) is 5.92. The van der Waals surface area contributed by atoms with E-state index in [-0.39, 0.29) is 17.9 Å². The van der Waals surface area contributed by atoms with Crippen LogP contribution in [0.5, 0.6) is 0 Å². The number of benzene rings is 2. The number of carbonyl (C=O) groups is 2. The van der Waals surface area contributed by atoms with Crippen LogP contribution in [0.25, 0.3) is 10.9 Å². The molecule has 1 saturated heterocycles. The first-order valence-electron chi connectivity index (χ1n) is 10.4. The molecule has 4 rings (SSSR count). The van der Waals surface area contributed by atoms with Gasteiger partial charge in [0.05, 0.1) is 6.04 Å². The molecule has 3 aromatic rings. The normalized spacial score (nSPS) is 17.6. The van der Waals surface area contributed by atoms with Crippen LogP contribution in [0.15, 0.2) is 60.8 Å². The molecule has 1 aromatic heterocycles. The molecule has 1 aliphatic heterocycles. The molecule has 2 aromatic carbocycles. The lowest BCUT2D eigenvalue weighted by molar-refractivity contribution is -0.135.